The van der Waals surface area contributed by atoms with E-state index in [1.54, 1.807) is 11.9 Å². The average Bonchev–Trinajstić information content (AvgIpc) is 2.33. The highest BCUT2D eigenvalue weighted by molar-refractivity contribution is 8.01. The molecule has 1 aliphatic carbocycles. The first-order valence-electron chi connectivity index (χ1n) is 2.95. The minimum Gasteiger partial charge on any atom is -0.332 e. The summed E-state index contributed by atoms with van der Waals surface area (Å²) < 4.78 is 3.11. The lowest BCUT2D eigenvalue weighted by molar-refractivity contribution is 1.23. The number of allylic oxidation sites excluding steroid dienone is 4. The summed E-state index contributed by atoms with van der Waals surface area (Å²) >= 11 is 1.69. The minimum atomic E-state index is 1.09. The summed E-state index contributed by atoms with van der Waals surface area (Å²) in [6.07, 6.45) is 9.57. The van der Waals surface area contributed by atoms with Crippen molar-refractivity contribution >= 4 is 11.9 Å². The minimum absolute atomic E-state index is 1.09. The Balaban J connectivity index is 2.37. The van der Waals surface area contributed by atoms with Crippen molar-refractivity contribution in [2.45, 2.75) is 6.42 Å². The Labute approximate surface area is 58.7 Å². The number of hydrogen-bond donors (Lipinski definition) is 1. The third kappa shape index (κ3) is 0.793. The molecule has 0 amide bonds. The van der Waals surface area contributed by atoms with Crippen LogP contribution in [0.4, 0.5) is 0 Å². The molecular formula is C7H7NS. The van der Waals surface area contributed by atoms with Gasteiger partial charge in [-0.3, -0.25) is 0 Å². The fourth-order valence-corrected chi connectivity index (χ4v) is 1.70. The summed E-state index contributed by atoms with van der Waals surface area (Å²) in [7, 11) is 0. The van der Waals surface area contributed by atoms with Crippen molar-refractivity contribution in [3.05, 3.63) is 34.9 Å². The molecule has 0 fully saturated rings. The van der Waals surface area contributed by atoms with Gasteiger partial charge >= 0.3 is 0 Å². The highest BCUT2D eigenvalue weighted by atomic mass is 32.2. The monoisotopic (exact) mass is 137 g/mol. The lowest BCUT2D eigenvalue weighted by Crippen LogP contribution is -1.81. The number of rotatable bonds is 0. The zero-order valence-corrected chi connectivity index (χ0v) is 5.74. The second kappa shape index (κ2) is 1.95. The highest BCUT2D eigenvalue weighted by Gasteiger charge is 2.11. The van der Waals surface area contributed by atoms with E-state index in [-0.39, 0.29) is 0 Å². The van der Waals surface area contributed by atoms with Crippen LogP contribution in [-0.2, 0) is 0 Å². The molecule has 2 aliphatic rings. The topological polar surface area (TPSA) is 12.0 Å². The number of fused-ring (bicyclic) bond motifs is 1. The van der Waals surface area contributed by atoms with E-state index in [1.807, 2.05) is 0 Å². The van der Waals surface area contributed by atoms with Gasteiger partial charge in [0, 0.05) is 11.1 Å². The summed E-state index contributed by atoms with van der Waals surface area (Å²) in [5.74, 6) is 0. The molecule has 1 heterocycles. The first-order valence-corrected chi connectivity index (χ1v) is 3.77. The fraction of sp³-hybridized carbons (Fsp3) is 0.143. The Hall–Kier alpha value is -0.630. The molecule has 0 saturated heterocycles. The summed E-state index contributed by atoms with van der Waals surface area (Å²) in [6, 6.07) is 0. The second-order valence-electron chi connectivity index (χ2n) is 2.05. The van der Waals surface area contributed by atoms with E-state index >= 15 is 0 Å². The molecule has 0 bridgehead atoms. The molecule has 0 aromatic heterocycles. The van der Waals surface area contributed by atoms with Gasteiger partial charge in [0.15, 0.2) is 0 Å². The number of nitrogens with one attached hydrogen (secondary N) is 1. The maximum Gasteiger partial charge on any atom is 0.0334 e. The van der Waals surface area contributed by atoms with Crippen LogP contribution in [0.1, 0.15) is 6.42 Å². The standard InChI is InChI=1S/C7H7NS/c1-2-4-7-6(3-1)5-8-9-7/h1-2,4-5,8H,3H2. The summed E-state index contributed by atoms with van der Waals surface area (Å²) in [4.78, 5) is 1.37. The molecule has 0 aromatic carbocycles. The van der Waals surface area contributed by atoms with E-state index in [2.05, 4.69) is 29.2 Å². The predicted octanol–water partition coefficient (Wildman–Crippen LogP) is 1.97. The average molecular weight is 137 g/mol. The first-order chi connectivity index (χ1) is 4.47. The smallest absolute Gasteiger partial charge is 0.0334 e. The van der Waals surface area contributed by atoms with Gasteiger partial charge < -0.3 is 4.72 Å². The lowest BCUT2D eigenvalue weighted by Gasteiger charge is -2.01. The van der Waals surface area contributed by atoms with E-state index < -0.39 is 0 Å². The Morgan fingerprint density at radius 3 is 3.44 bits per heavy atom. The molecule has 0 radical (unpaired) electrons. The van der Waals surface area contributed by atoms with Crippen molar-refractivity contribution in [2.24, 2.45) is 0 Å². The van der Waals surface area contributed by atoms with Crippen molar-refractivity contribution in [3.8, 4) is 0 Å². The van der Waals surface area contributed by atoms with Crippen LogP contribution in [0.3, 0.4) is 0 Å². The van der Waals surface area contributed by atoms with Gasteiger partial charge in [0.2, 0.25) is 0 Å². The van der Waals surface area contributed by atoms with Crippen molar-refractivity contribution in [1.29, 1.82) is 0 Å². The Morgan fingerprint density at radius 2 is 2.56 bits per heavy atom. The van der Waals surface area contributed by atoms with Crippen LogP contribution < -0.4 is 4.72 Å². The van der Waals surface area contributed by atoms with Crippen molar-refractivity contribution in [1.82, 2.24) is 4.72 Å². The van der Waals surface area contributed by atoms with Gasteiger partial charge in [0.25, 0.3) is 0 Å². The molecule has 0 unspecified atom stereocenters. The molecule has 2 heteroatoms. The van der Waals surface area contributed by atoms with Crippen LogP contribution in [0, 0.1) is 0 Å². The van der Waals surface area contributed by atoms with Crippen LogP contribution >= 0.6 is 11.9 Å². The van der Waals surface area contributed by atoms with E-state index in [0.717, 1.165) is 6.42 Å². The zero-order chi connectivity index (χ0) is 6.10. The van der Waals surface area contributed by atoms with E-state index in [9.17, 15) is 0 Å². The molecule has 0 aromatic rings. The molecule has 46 valence electrons. The van der Waals surface area contributed by atoms with E-state index in [4.69, 9.17) is 0 Å². The molecule has 0 saturated carbocycles. The third-order valence-electron chi connectivity index (χ3n) is 1.44. The maximum absolute atomic E-state index is 3.11. The quantitative estimate of drug-likeness (QED) is 0.512. The van der Waals surface area contributed by atoms with Gasteiger partial charge in [0.05, 0.1) is 0 Å². The second-order valence-corrected chi connectivity index (χ2v) is 2.93. The van der Waals surface area contributed by atoms with Gasteiger partial charge in [-0.05, 0) is 30.0 Å². The molecule has 1 N–H and O–H groups in total. The molecule has 2 rings (SSSR count). The maximum atomic E-state index is 3.11. The van der Waals surface area contributed by atoms with Crippen molar-refractivity contribution in [2.75, 3.05) is 0 Å². The van der Waals surface area contributed by atoms with Crippen molar-refractivity contribution < 1.29 is 0 Å². The van der Waals surface area contributed by atoms with Crippen LogP contribution in [0.2, 0.25) is 0 Å². The summed E-state index contributed by atoms with van der Waals surface area (Å²) in [6.45, 7) is 0. The normalized spacial score (nSPS) is 22.2. The Morgan fingerprint density at radius 1 is 1.56 bits per heavy atom. The van der Waals surface area contributed by atoms with Crippen molar-refractivity contribution in [3.63, 3.8) is 0 Å². The third-order valence-corrected chi connectivity index (χ3v) is 2.29. The lowest BCUT2D eigenvalue weighted by atomic mass is 10.1. The van der Waals surface area contributed by atoms with Gasteiger partial charge in [0.1, 0.15) is 0 Å². The molecule has 0 atom stereocenters. The molecule has 0 spiro atoms. The first kappa shape index (κ1) is 5.18. The largest absolute Gasteiger partial charge is 0.332 e. The van der Waals surface area contributed by atoms with Crippen LogP contribution in [0.15, 0.2) is 34.9 Å². The van der Waals surface area contributed by atoms with Gasteiger partial charge in [-0.25, -0.2) is 0 Å². The molecule has 9 heavy (non-hydrogen) atoms. The predicted molar refractivity (Wildman–Crippen MR) is 40.6 cm³/mol. The molecule has 1 nitrogen and oxygen atoms in total. The molecule has 1 aliphatic heterocycles. The fourth-order valence-electron chi connectivity index (χ4n) is 0.952. The van der Waals surface area contributed by atoms with Gasteiger partial charge in [-0.2, -0.15) is 0 Å². The van der Waals surface area contributed by atoms with E-state index in [0.29, 0.717) is 0 Å². The summed E-state index contributed by atoms with van der Waals surface area (Å²) in [5.41, 5.74) is 1.42. The number of hydrogen-bond acceptors (Lipinski definition) is 2. The van der Waals surface area contributed by atoms with Crippen LogP contribution in [0.25, 0.3) is 0 Å². The highest BCUT2D eigenvalue weighted by Crippen LogP contribution is 2.31. The zero-order valence-electron chi connectivity index (χ0n) is 4.92. The van der Waals surface area contributed by atoms with Gasteiger partial charge in [-0.15, -0.1) is 0 Å². The van der Waals surface area contributed by atoms with Crippen LogP contribution in [0.5, 0.6) is 0 Å². The Kier molecular flexibility index (Phi) is 1.12. The summed E-state index contributed by atoms with van der Waals surface area (Å²) in [5, 5.41) is 0. The van der Waals surface area contributed by atoms with Gasteiger partial charge in [-0.1, -0.05) is 12.2 Å². The SMILES string of the molecule is C1=CCC2=CNSC2=C1. The van der Waals surface area contributed by atoms with Crippen LogP contribution in [-0.4, -0.2) is 0 Å². The van der Waals surface area contributed by atoms with E-state index in [1.165, 1.54) is 10.5 Å². The Bertz CT molecular complexity index is 213. The molecular weight excluding hydrogens is 130 g/mol.